The van der Waals surface area contributed by atoms with Gasteiger partial charge in [-0.15, -0.1) is 0 Å². The number of hydrogen-bond donors (Lipinski definition) is 1. The Morgan fingerprint density at radius 3 is 3.00 bits per heavy atom. The van der Waals surface area contributed by atoms with Crippen LogP contribution < -0.4 is 10.2 Å². The van der Waals surface area contributed by atoms with Crippen molar-refractivity contribution in [1.29, 1.82) is 0 Å². The van der Waals surface area contributed by atoms with Crippen LogP contribution in [-0.4, -0.2) is 33.2 Å². The second-order valence-electron chi connectivity index (χ2n) is 4.83. The third-order valence-corrected chi connectivity index (χ3v) is 3.63. The first-order valence-corrected chi connectivity index (χ1v) is 6.83. The maximum absolute atomic E-state index is 12.3. The molecular weight excluding hydrogens is 240 g/mol. The van der Waals surface area contributed by atoms with Gasteiger partial charge in [0, 0.05) is 38.4 Å². The summed E-state index contributed by atoms with van der Waals surface area (Å²) < 4.78 is 5.00. The van der Waals surface area contributed by atoms with E-state index in [1.807, 2.05) is 30.1 Å². The monoisotopic (exact) mass is 262 g/mol. The van der Waals surface area contributed by atoms with Crippen molar-refractivity contribution in [2.45, 2.75) is 25.3 Å². The summed E-state index contributed by atoms with van der Waals surface area (Å²) in [5.41, 5.74) is 2.27. The van der Waals surface area contributed by atoms with Gasteiger partial charge >= 0.3 is 0 Å². The number of rotatable bonds is 5. The molecular formula is C15H22N2O2. The van der Waals surface area contributed by atoms with E-state index in [0.29, 0.717) is 19.1 Å². The molecule has 1 heterocycles. The number of fused-ring (bicyclic) bond motifs is 1. The zero-order valence-electron chi connectivity index (χ0n) is 11.7. The molecule has 0 aliphatic carbocycles. The molecule has 0 aromatic heterocycles. The molecule has 1 amide bonds. The predicted molar refractivity (Wildman–Crippen MR) is 76.3 cm³/mol. The number of benzene rings is 1. The summed E-state index contributed by atoms with van der Waals surface area (Å²) >= 11 is 0. The molecule has 1 aliphatic rings. The van der Waals surface area contributed by atoms with Crippen LogP contribution in [-0.2, 0) is 9.53 Å². The summed E-state index contributed by atoms with van der Waals surface area (Å²) in [5, 5.41) is 3.31. The molecule has 2 rings (SSSR count). The van der Waals surface area contributed by atoms with Gasteiger partial charge in [-0.25, -0.2) is 0 Å². The van der Waals surface area contributed by atoms with Crippen LogP contribution in [0.2, 0.25) is 0 Å². The zero-order valence-corrected chi connectivity index (χ0v) is 11.7. The number of carbonyl (C=O) groups is 1. The Hall–Kier alpha value is -1.39. The highest BCUT2D eigenvalue weighted by atomic mass is 16.5. The first kappa shape index (κ1) is 14.0. The fourth-order valence-electron chi connectivity index (χ4n) is 2.62. The molecule has 1 aliphatic heterocycles. The van der Waals surface area contributed by atoms with Crippen molar-refractivity contribution in [2.24, 2.45) is 0 Å². The van der Waals surface area contributed by atoms with Gasteiger partial charge in [0.25, 0.3) is 0 Å². The van der Waals surface area contributed by atoms with Crippen LogP contribution in [0.3, 0.4) is 0 Å². The molecule has 1 unspecified atom stereocenters. The molecule has 4 nitrogen and oxygen atoms in total. The highest BCUT2D eigenvalue weighted by molar-refractivity contribution is 5.94. The van der Waals surface area contributed by atoms with Crippen molar-refractivity contribution in [3.8, 4) is 0 Å². The standard InChI is InChI=1S/C15H22N2O2/c1-16-13-9-10-17(15(18)8-5-11-19-2)14-7-4-3-6-12(13)14/h3-4,6-7,13,16H,5,8-11H2,1-2H3. The van der Waals surface area contributed by atoms with E-state index in [-0.39, 0.29) is 5.91 Å². The largest absolute Gasteiger partial charge is 0.385 e. The van der Waals surface area contributed by atoms with E-state index in [0.717, 1.165) is 25.1 Å². The second kappa shape index (κ2) is 6.68. The molecule has 1 atom stereocenters. The summed E-state index contributed by atoms with van der Waals surface area (Å²) in [7, 11) is 3.63. The number of carbonyl (C=O) groups excluding carboxylic acids is 1. The van der Waals surface area contributed by atoms with Gasteiger partial charge < -0.3 is 15.0 Å². The Morgan fingerprint density at radius 2 is 2.26 bits per heavy atom. The van der Waals surface area contributed by atoms with Crippen LogP contribution in [0.1, 0.15) is 30.9 Å². The van der Waals surface area contributed by atoms with Crippen LogP contribution >= 0.6 is 0 Å². The van der Waals surface area contributed by atoms with Crippen molar-refractivity contribution in [3.05, 3.63) is 29.8 Å². The van der Waals surface area contributed by atoms with Crippen molar-refractivity contribution >= 4 is 11.6 Å². The predicted octanol–water partition coefficient (Wildman–Crippen LogP) is 2.11. The van der Waals surface area contributed by atoms with E-state index in [1.165, 1.54) is 5.56 Å². The van der Waals surface area contributed by atoms with Crippen LogP contribution in [0.25, 0.3) is 0 Å². The van der Waals surface area contributed by atoms with E-state index in [2.05, 4.69) is 11.4 Å². The topological polar surface area (TPSA) is 41.6 Å². The van der Waals surface area contributed by atoms with Gasteiger partial charge in [-0.05, 0) is 31.5 Å². The van der Waals surface area contributed by atoms with E-state index >= 15 is 0 Å². The lowest BCUT2D eigenvalue weighted by molar-refractivity contribution is -0.119. The smallest absolute Gasteiger partial charge is 0.227 e. The Morgan fingerprint density at radius 1 is 1.47 bits per heavy atom. The van der Waals surface area contributed by atoms with Crippen molar-refractivity contribution in [1.82, 2.24) is 5.32 Å². The highest BCUT2D eigenvalue weighted by Crippen LogP contribution is 2.33. The summed E-state index contributed by atoms with van der Waals surface area (Å²) in [5.74, 6) is 0.194. The molecule has 0 saturated heterocycles. The fraction of sp³-hybridized carbons (Fsp3) is 0.533. The lowest BCUT2D eigenvalue weighted by Crippen LogP contribution is -2.39. The molecule has 4 heteroatoms. The van der Waals surface area contributed by atoms with Gasteiger partial charge in [0.05, 0.1) is 0 Å². The second-order valence-corrected chi connectivity index (χ2v) is 4.83. The quantitative estimate of drug-likeness (QED) is 0.826. The Bertz CT molecular complexity index is 434. The third kappa shape index (κ3) is 3.14. The number of ether oxygens (including phenoxy) is 1. The molecule has 104 valence electrons. The van der Waals surface area contributed by atoms with E-state index < -0.39 is 0 Å². The maximum Gasteiger partial charge on any atom is 0.227 e. The maximum atomic E-state index is 12.3. The molecule has 1 N–H and O–H groups in total. The molecule has 1 aromatic carbocycles. The average molecular weight is 262 g/mol. The van der Waals surface area contributed by atoms with Gasteiger partial charge in [0.2, 0.25) is 5.91 Å². The fourth-order valence-corrected chi connectivity index (χ4v) is 2.62. The van der Waals surface area contributed by atoms with Crippen LogP contribution in [0.4, 0.5) is 5.69 Å². The van der Waals surface area contributed by atoms with Crippen LogP contribution in [0.5, 0.6) is 0 Å². The Labute approximate surface area is 114 Å². The zero-order chi connectivity index (χ0) is 13.7. The first-order chi connectivity index (χ1) is 9.27. The summed E-state index contributed by atoms with van der Waals surface area (Å²) in [4.78, 5) is 14.2. The van der Waals surface area contributed by atoms with Crippen LogP contribution in [0, 0.1) is 0 Å². The number of nitrogens with one attached hydrogen (secondary N) is 1. The minimum absolute atomic E-state index is 0.194. The molecule has 0 saturated carbocycles. The average Bonchev–Trinajstić information content (AvgIpc) is 2.46. The molecule has 1 aromatic rings. The van der Waals surface area contributed by atoms with E-state index in [9.17, 15) is 4.79 Å². The van der Waals surface area contributed by atoms with Crippen molar-refractivity contribution in [2.75, 3.05) is 32.2 Å². The van der Waals surface area contributed by atoms with E-state index in [4.69, 9.17) is 4.74 Å². The van der Waals surface area contributed by atoms with E-state index in [1.54, 1.807) is 7.11 Å². The first-order valence-electron chi connectivity index (χ1n) is 6.83. The van der Waals surface area contributed by atoms with Gasteiger partial charge in [-0.2, -0.15) is 0 Å². The molecule has 0 bridgehead atoms. The Balaban J connectivity index is 2.13. The number of anilines is 1. The molecule has 19 heavy (non-hydrogen) atoms. The number of amides is 1. The molecule has 0 radical (unpaired) electrons. The number of nitrogens with zero attached hydrogens (tertiary/aromatic N) is 1. The lowest BCUT2D eigenvalue weighted by Gasteiger charge is -2.34. The summed E-state index contributed by atoms with van der Waals surface area (Å²) in [6.07, 6.45) is 2.29. The molecule has 0 spiro atoms. The number of hydrogen-bond acceptors (Lipinski definition) is 3. The Kier molecular flexibility index (Phi) is 4.93. The normalized spacial score (nSPS) is 18.2. The summed E-state index contributed by atoms with van der Waals surface area (Å²) in [6, 6.07) is 8.51. The van der Waals surface area contributed by atoms with Crippen LogP contribution in [0.15, 0.2) is 24.3 Å². The van der Waals surface area contributed by atoms with Gasteiger partial charge in [-0.3, -0.25) is 4.79 Å². The van der Waals surface area contributed by atoms with Gasteiger partial charge in [0.15, 0.2) is 0 Å². The minimum Gasteiger partial charge on any atom is -0.385 e. The number of methoxy groups -OCH3 is 1. The summed E-state index contributed by atoms with van der Waals surface area (Å²) in [6.45, 7) is 1.43. The SMILES string of the molecule is CNC1CCN(C(=O)CCCOC)c2ccccc21. The van der Waals surface area contributed by atoms with Gasteiger partial charge in [-0.1, -0.05) is 18.2 Å². The van der Waals surface area contributed by atoms with Crippen molar-refractivity contribution < 1.29 is 9.53 Å². The van der Waals surface area contributed by atoms with Crippen molar-refractivity contribution in [3.63, 3.8) is 0 Å². The lowest BCUT2D eigenvalue weighted by atomic mass is 9.96. The third-order valence-electron chi connectivity index (χ3n) is 3.63. The minimum atomic E-state index is 0.194. The molecule has 0 fully saturated rings. The number of para-hydroxylation sites is 1. The van der Waals surface area contributed by atoms with Gasteiger partial charge in [0.1, 0.15) is 0 Å². The highest BCUT2D eigenvalue weighted by Gasteiger charge is 2.26.